The number of rotatable bonds is 8. The van der Waals surface area contributed by atoms with Crippen LogP contribution in [0.5, 0.6) is 5.75 Å². The summed E-state index contributed by atoms with van der Waals surface area (Å²) in [4.78, 5) is 9.24. The lowest BCUT2D eigenvalue weighted by Gasteiger charge is -2.39. The molecule has 1 aromatic heterocycles. The fraction of sp³-hybridized carbons (Fsp3) is 0.643. The largest absolute Gasteiger partial charge is 0.494 e. The first-order valence-electron chi connectivity index (χ1n) is 12.9. The minimum Gasteiger partial charge on any atom is -0.494 e. The molecule has 3 nitrogen and oxygen atoms in total. The summed E-state index contributed by atoms with van der Waals surface area (Å²) in [6.45, 7) is 2.16. The van der Waals surface area contributed by atoms with E-state index in [-0.39, 0.29) is 5.75 Å². The van der Waals surface area contributed by atoms with Crippen molar-refractivity contribution in [1.82, 2.24) is 9.97 Å². The predicted molar refractivity (Wildman–Crippen MR) is 128 cm³/mol. The molecule has 1 aromatic carbocycles. The van der Waals surface area contributed by atoms with E-state index in [2.05, 4.69) is 16.9 Å². The smallest absolute Gasteiger partial charge is 0.254 e. The Kier molecular flexibility index (Phi) is 8.15. The lowest BCUT2D eigenvalue weighted by Crippen LogP contribution is -2.35. The average Bonchev–Trinajstić information content (AvgIpc) is 2.85. The average molecular weight is 475 g/mol. The molecule has 0 saturated heterocycles. The van der Waals surface area contributed by atoms with Gasteiger partial charge in [0.25, 0.3) is 5.92 Å². The molecule has 0 atom stereocenters. The van der Waals surface area contributed by atoms with Gasteiger partial charge in [-0.3, -0.25) is 0 Å². The minimum absolute atomic E-state index is 0.0855. The van der Waals surface area contributed by atoms with Crippen molar-refractivity contribution in [1.29, 1.82) is 0 Å². The van der Waals surface area contributed by atoms with Gasteiger partial charge in [-0.2, -0.15) is 0 Å². The van der Waals surface area contributed by atoms with Crippen molar-refractivity contribution in [2.24, 2.45) is 17.8 Å². The van der Waals surface area contributed by atoms with Gasteiger partial charge >= 0.3 is 0 Å². The third-order valence-corrected chi connectivity index (χ3v) is 8.09. The van der Waals surface area contributed by atoms with Crippen molar-refractivity contribution in [3.63, 3.8) is 0 Å². The fourth-order valence-electron chi connectivity index (χ4n) is 6.09. The topological polar surface area (TPSA) is 35.0 Å². The van der Waals surface area contributed by atoms with E-state index >= 15 is 8.78 Å². The monoisotopic (exact) mass is 474 g/mol. The Morgan fingerprint density at radius 1 is 0.912 bits per heavy atom. The maximum absolute atomic E-state index is 15.0. The van der Waals surface area contributed by atoms with Gasteiger partial charge < -0.3 is 4.74 Å². The van der Waals surface area contributed by atoms with Crippen molar-refractivity contribution >= 4 is 0 Å². The first-order valence-corrected chi connectivity index (χ1v) is 12.9. The summed E-state index contributed by atoms with van der Waals surface area (Å²) in [7, 11) is 1.37. The maximum Gasteiger partial charge on any atom is 0.254 e. The number of nitrogens with zero attached hydrogens (tertiary/aromatic N) is 2. The first-order chi connectivity index (χ1) is 16.4. The number of aromatic nitrogens is 2. The Morgan fingerprint density at radius 3 is 2.09 bits per heavy atom. The molecule has 2 fully saturated rings. The molecule has 4 rings (SSSR count). The standard InChI is InChI=1S/C28H37F3N2O/c1-3-4-20-17-32-27(33-18-20)23-8-6-21(7-9-23)22-10-12-24(13-11-22)28(30,31)16-19-5-14-26(34-2)25(29)15-19/h5,14-15,17-18,21-24H,3-4,6-13,16H2,1-2H3. The van der Waals surface area contributed by atoms with E-state index in [4.69, 9.17) is 4.74 Å². The van der Waals surface area contributed by atoms with Crippen LogP contribution in [0.25, 0.3) is 0 Å². The number of benzene rings is 1. The van der Waals surface area contributed by atoms with Gasteiger partial charge in [-0.25, -0.2) is 23.1 Å². The summed E-state index contributed by atoms with van der Waals surface area (Å²) >= 11 is 0. The molecule has 2 saturated carbocycles. The van der Waals surface area contributed by atoms with Gasteiger partial charge in [-0.15, -0.1) is 0 Å². The van der Waals surface area contributed by atoms with Crippen LogP contribution in [0, 0.1) is 23.6 Å². The third kappa shape index (κ3) is 5.92. The molecule has 0 unspecified atom stereocenters. The Balaban J connectivity index is 1.25. The van der Waals surface area contributed by atoms with Gasteiger partial charge in [0.2, 0.25) is 0 Å². The molecule has 0 bridgehead atoms. The number of hydrogen-bond acceptors (Lipinski definition) is 3. The number of hydrogen-bond donors (Lipinski definition) is 0. The summed E-state index contributed by atoms with van der Waals surface area (Å²) in [5.41, 5.74) is 1.53. The highest BCUT2D eigenvalue weighted by Gasteiger charge is 2.43. The zero-order chi connectivity index (χ0) is 24.1. The zero-order valence-corrected chi connectivity index (χ0v) is 20.4. The molecule has 0 amide bonds. The van der Waals surface area contributed by atoms with Gasteiger partial charge in [0.05, 0.1) is 7.11 Å². The molecular formula is C28H37F3N2O. The molecule has 0 aliphatic heterocycles. The van der Waals surface area contributed by atoms with Gasteiger partial charge in [0.15, 0.2) is 11.6 Å². The molecule has 0 N–H and O–H groups in total. The van der Waals surface area contributed by atoms with Crippen molar-refractivity contribution < 1.29 is 17.9 Å². The second kappa shape index (κ2) is 11.1. The van der Waals surface area contributed by atoms with Crippen LogP contribution in [0.1, 0.15) is 87.6 Å². The quantitative estimate of drug-likeness (QED) is 0.396. The first kappa shape index (κ1) is 25.0. The summed E-state index contributed by atoms with van der Waals surface area (Å²) in [6.07, 6.45) is 13.0. The van der Waals surface area contributed by atoms with E-state index < -0.39 is 24.1 Å². The highest BCUT2D eigenvalue weighted by Crippen LogP contribution is 2.46. The zero-order valence-electron chi connectivity index (χ0n) is 20.4. The van der Waals surface area contributed by atoms with Crippen molar-refractivity contribution in [3.8, 4) is 5.75 Å². The molecule has 34 heavy (non-hydrogen) atoms. The fourth-order valence-corrected chi connectivity index (χ4v) is 6.09. The van der Waals surface area contributed by atoms with E-state index in [9.17, 15) is 4.39 Å². The number of methoxy groups -OCH3 is 1. The number of ether oxygens (including phenoxy) is 1. The van der Waals surface area contributed by atoms with E-state index in [0.717, 1.165) is 57.2 Å². The lowest BCUT2D eigenvalue weighted by atomic mass is 9.68. The van der Waals surface area contributed by atoms with Crippen LogP contribution >= 0.6 is 0 Å². The van der Waals surface area contributed by atoms with Crippen LogP contribution in [0.3, 0.4) is 0 Å². The minimum atomic E-state index is -2.81. The molecule has 0 radical (unpaired) electrons. The van der Waals surface area contributed by atoms with Crippen LogP contribution in [-0.2, 0) is 12.8 Å². The normalized spacial score (nSPS) is 25.8. The van der Waals surface area contributed by atoms with Crippen LogP contribution in [0.4, 0.5) is 13.2 Å². The van der Waals surface area contributed by atoms with E-state index in [1.165, 1.54) is 24.8 Å². The van der Waals surface area contributed by atoms with Gasteiger partial charge in [0.1, 0.15) is 5.82 Å². The van der Waals surface area contributed by atoms with Crippen molar-refractivity contribution in [2.45, 2.75) is 89.4 Å². The molecule has 2 aromatic rings. The molecule has 6 heteroatoms. The van der Waals surface area contributed by atoms with Crippen LogP contribution < -0.4 is 4.74 Å². The van der Waals surface area contributed by atoms with E-state index in [0.29, 0.717) is 36.2 Å². The predicted octanol–water partition coefficient (Wildman–Crippen LogP) is 7.54. The number of alkyl halides is 2. The Labute approximate surface area is 201 Å². The van der Waals surface area contributed by atoms with E-state index in [1.807, 2.05) is 12.4 Å². The molecule has 2 aliphatic rings. The van der Waals surface area contributed by atoms with Gasteiger partial charge in [-0.1, -0.05) is 19.4 Å². The molecule has 186 valence electrons. The third-order valence-electron chi connectivity index (χ3n) is 8.09. The summed E-state index contributed by atoms with van der Waals surface area (Å²) in [5, 5.41) is 0. The van der Waals surface area contributed by atoms with Crippen LogP contribution in [0.15, 0.2) is 30.6 Å². The second-order valence-electron chi connectivity index (χ2n) is 10.3. The lowest BCUT2D eigenvalue weighted by molar-refractivity contribution is -0.0775. The molecule has 1 heterocycles. The Bertz CT molecular complexity index is 918. The highest BCUT2D eigenvalue weighted by atomic mass is 19.3. The SMILES string of the molecule is CCCc1cnc(C2CCC(C3CCC(C(F)(F)Cc4ccc(OC)c(F)c4)CC3)CC2)nc1. The summed E-state index contributed by atoms with van der Waals surface area (Å²) in [5.74, 6) is -1.38. The summed E-state index contributed by atoms with van der Waals surface area (Å²) < 4.78 is 48.9. The Hall–Kier alpha value is -2.11. The molecule has 2 aliphatic carbocycles. The van der Waals surface area contributed by atoms with Crippen molar-refractivity contribution in [2.75, 3.05) is 7.11 Å². The Morgan fingerprint density at radius 2 is 1.53 bits per heavy atom. The maximum atomic E-state index is 15.0. The van der Waals surface area contributed by atoms with Gasteiger partial charge in [-0.05, 0) is 92.9 Å². The highest BCUT2D eigenvalue weighted by molar-refractivity contribution is 5.30. The number of halogens is 3. The molecule has 0 spiro atoms. The number of aryl methyl sites for hydroxylation is 1. The van der Waals surface area contributed by atoms with E-state index in [1.54, 1.807) is 6.07 Å². The van der Waals surface area contributed by atoms with Crippen LogP contribution in [0.2, 0.25) is 0 Å². The second-order valence-corrected chi connectivity index (χ2v) is 10.3. The summed E-state index contributed by atoms with van der Waals surface area (Å²) in [6, 6.07) is 4.15. The van der Waals surface area contributed by atoms with Crippen molar-refractivity contribution in [3.05, 3.63) is 53.4 Å². The van der Waals surface area contributed by atoms with Gasteiger partial charge in [0, 0.05) is 30.7 Å². The van der Waals surface area contributed by atoms with Crippen LogP contribution in [-0.4, -0.2) is 23.0 Å². The molecular weight excluding hydrogens is 437 g/mol.